The van der Waals surface area contributed by atoms with Crippen LogP contribution in [0.5, 0.6) is 0 Å². The average molecular weight is 410 g/mol. The van der Waals surface area contributed by atoms with Gasteiger partial charge in [0.2, 0.25) is 15.8 Å². The second kappa shape index (κ2) is 8.21. The van der Waals surface area contributed by atoms with Crippen LogP contribution in [0.15, 0.2) is 47.4 Å². The van der Waals surface area contributed by atoms with Crippen LogP contribution in [-0.4, -0.2) is 44.7 Å². The number of aryl methyl sites for hydroxylation is 1. The Kier molecular flexibility index (Phi) is 6.41. The van der Waals surface area contributed by atoms with Crippen LogP contribution in [0.3, 0.4) is 0 Å². The van der Waals surface area contributed by atoms with Crippen molar-refractivity contribution in [2.45, 2.75) is 24.8 Å². The van der Waals surface area contributed by atoms with Crippen LogP contribution in [0.1, 0.15) is 33.2 Å². The number of carbonyl (C=O) groups excluding carboxylic acids is 2. The molecule has 1 atom stereocenters. The van der Waals surface area contributed by atoms with Crippen LogP contribution in [-0.2, 0) is 14.8 Å². The van der Waals surface area contributed by atoms with E-state index in [2.05, 4.69) is 0 Å². The van der Waals surface area contributed by atoms with Gasteiger partial charge in [0, 0.05) is 19.7 Å². The second-order valence-corrected chi connectivity index (χ2v) is 8.77. The Hall–Kier alpha value is -2.22. The second-order valence-electron chi connectivity index (χ2n) is 6.21. The molecule has 0 fully saturated rings. The average Bonchev–Trinajstić information content (AvgIpc) is 2.61. The molecule has 2 rings (SSSR count). The Balaban J connectivity index is 2.25. The van der Waals surface area contributed by atoms with Crippen molar-refractivity contribution in [3.05, 3.63) is 64.2 Å². The predicted molar refractivity (Wildman–Crippen MR) is 103 cm³/mol. The van der Waals surface area contributed by atoms with Gasteiger partial charge in [0.25, 0.3) is 0 Å². The van der Waals surface area contributed by atoms with Crippen molar-refractivity contribution >= 4 is 33.4 Å². The molecule has 8 heteroatoms. The molecular weight excluding hydrogens is 390 g/mol. The normalized spacial score (nSPS) is 12.7. The van der Waals surface area contributed by atoms with Crippen molar-refractivity contribution in [3.8, 4) is 0 Å². The van der Waals surface area contributed by atoms with Gasteiger partial charge >= 0.3 is 5.97 Å². The van der Waals surface area contributed by atoms with Crippen LogP contribution in [0, 0.1) is 6.92 Å². The molecule has 0 bridgehead atoms. The van der Waals surface area contributed by atoms with Gasteiger partial charge in [-0.2, -0.15) is 0 Å². The first-order valence-electron chi connectivity index (χ1n) is 8.08. The number of nitrogens with zero attached hydrogens (tertiary/aromatic N) is 1. The molecule has 0 spiro atoms. The highest BCUT2D eigenvalue weighted by molar-refractivity contribution is 7.89. The molecule has 6 nitrogen and oxygen atoms in total. The number of rotatable bonds is 6. The Morgan fingerprint density at radius 2 is 1.67 bits per heavy atom. The van der Waals surface area contributed by atoms with Crippen molar-refractivity contribution in [1.82, 2.24) is 4.31 Å². The van der Waals surface area contributed by atoms with E-state index in [4.69, 9.17) is 16.3 Å². The van der Waals surface area contributed by atoms with E-state index < -0.39 is 22.1 Å². The molecule has 2 aromatic rings. The van der Waals surface area contributed by atoms with Gasteiger partial charge in [-0.1, -0.05) is 41.4 Å². The van der Waals surface area contributed by atoms with E-state index in [0.29, 0.717) is 5.56 Å². The van der Waals surface area contributed by atoms with Crippen LogP contribution in [0.2, 0.25) is 5.02 Å². The number of halogens is 1. The molecule has 144 valence electrons. The highest BCUT2D eigenvalue weighted by Gasteiger charge is 2.24. The lowest BCUT2D eigenvalue weighted by molar-refractivity contribution is 0.0318. The molecule has 0 saturated heterocycles. The van der Waals surface area contributed by atoms with Crippen LogP contribution in [0.25, 0.3) is 0 Å². The monoisotopic (exact) mass is 409 g/mol. The maximum Gasteiger partial charge on any atom is 0.340 e. The van der Waals surface area contributed by atoms with E-state index in [1.54, 1.807) is 24.3 Å². The Morgan fingerprint density at radius 1 is 1.07 bits per heavy atom. The van der Waals surface area contributed by atoms with E-state index in [1.165, 1.54) is 33.2 Å². The maximum atomic E-state index is 12.4. The maximum absolute atomic E-state index is 12.4. The molecule has 0 aromatic heterocycles. The highest BCUT2D eigenvalue weighted by Crippen LogP contribution is 2.23. The summed E-state index contributed by atoms with van der Waals surface area (Å²) in [5.74, 6) is -1.24. The van der Waals surface area contributed by atoms with Gasteiger partial charge in [-0.15, -0.1) is 0 Å². The third kappa shape index (κ3) is 4.74. The summed E-state index contributed by atoms with van der Waals surface area (Å²) in [4.78, 5) is 24.8. The molecule has 0 heterocycles. The number of sulfonamides is 1. The first kappa shape index (κ1) is 21.1. The molecule has 0 aliphatic heterocycles. The summed E-state index contributed by atoms with van der Waals surface area (Å²) in [6, 6.07) is 10.6. The minimum atomic E-state index is -3.74. The van der Waals surface area contributed by atoms with Gasteiger partial charge in [-0.25, -0.2) is 17.5 Å². The van der Waals surface area contributed by atoms with Gasteiger partial charge in [-0.05, 0) is 32.0 Å². The molecular formula is C19H20ClNO5S. The number of Topliss-reactive ketones (excluding diaryl/α,β-unsaturated/α-hetero) is 1. The fraction of sp³-hybridized carbons (Fsp3) is 0.263. The molecule has 0 amide bonds. The van der Waals surface area contributed by atoms with E-state index in [1.807, 2.05) is 6.92 Å². The summed E-state index contributed by atoms with van der Waals surface area (Å²) in [5.41, 5.74) is 1.29. The SMILES string of the molecule is Cc1ccc(C(=O)C(C)OC(=O)c2cc(S(=O)(=O)N(C)C)ccc2Cl)cc1. The number of hydrogen-bond acceptors (Lipinski definition) is 5. The van der Waals surface area contributed by atoms with Gasteiger partial charge in [0.1, 0.15) is 0 Å². The third-order valence-corrected chi connectivity index (χ3v) is 6.07. The van der Waals surface area contributed by atoms with E-state index >= 15 is 0 Å². The number of hydrogen-bond donors (Lipinski definition) is 0. The molecule has 27 heavy (non-hydrogen) atoms. The summed E-state index contributed by atoms with van der Waals surface area (Å²) in [5, 5.41) is 0.0349. The number of ether oxygens (including phenoxy) is 1. The molecule has 0 aliphatic carbocycles. The third-order valence-electron chi connectivity index (χ3n) is 3.93. The van der Waals surface area contributed by atoms with Crippen molar-refractivity contribution in [3.63, 3.8) is 0 Å². The van der Waals surface area contributed by atoms with Gasteiger partial charge < -0.3 is 4.74 Å². The van der Waals surface area contributed by atoms with Gasteiger partial charge in [0.15, 0.2) is 6.10 Å². The molecule has 0 N–H and O–H groups in total. The fourth-order valence-electron chi connectivity index (χ4n) is 2.26. The lowest BCUT2D eigenvalue weighted by Crippen LogP contribution is -2.25. The van der Waals surface area contributed by atoms with E-state index in [9.17, 15) is 18.0 Å². The number of carbonyl (C=O) groups is 2. The smallest absolute Gasteiger partial charge is 0.340 e. The summed E-state index contributed by atoms with van der Waals surface area (Å²) < 4.78 is 30.7. The standard InChI is InChI=1S/C19H20ClNO5S/c1-12-5-7-14(8-6-12)18(22)13(2)26-19(23)16-11-15(9-10-17(16)20)27(24,25)21(3)4/h5-11,13H,1-4H3. The Labute approximate surface area is 163 Å². The van der Waals surface area contributed by atoms with Crippen LogP contribution < -0.4 is 0 Å². The van der Waals surface area contributed by atoms with Crippen molar-refractivity contribution in [2.75, 3.05) is 14.1 Å². The molecule has 0 aliphatic rings. The summed E-state index contributed by atoms with van der Waals surface area (Å²) in [6.45, 7) is 3.35. The van der Waals surface area contributed by atoms with Crippen LogP contribution >= 0.6 is 11.6 Å². The number of benzene rings is 2. The topological polar surface area (TPSA) is 80.8 Å². The zero-order valence-corrected chi connectivity index (χ0v) is 17.0. The van der Waals surface area contributed by atoms with Crippen molar-refractivity contribution in [1.29, 1.82) is 0 Å². The Bertz CT molecular complexity index is 968. The zero-order valence-electron chi connectivity index (χ0n) is 15.4. The largest absolute Gasteiger partial charge is 0.451 e. The van der Waals surface area contributed by atoms with Crippen LogP contribution in [0.4, 0.5) is 0 Å². The summed E-state index contributed by atoms with van der Waals surface area (Å²) in [7, 11) is -0.983. The molecule has 1 unspecified atom stereocenters. The molecule has 0 radical (unpaired) electrons. The van der Waals surface area contributed by atoms with Gasteiger partial charge in [0.05, 0.1) is 15.5 Å². The molecule has 2 aromatic carbocycles. The lowest BCUT2D eigenvalue weighted by Gasteiger charge is -2.15. The first-order chi connectivity index (χ1) is 12.5. The fourth-order valence-corrected chi connectivity index (χ4v) is 3.39. The summed E-state index contributed by atoms with van der Waals surface area (Å²) in [6.07, 6.45) is -1.05. The first-order valence-corrected chi connectivity index (χ1v) is 9.89. The summed E-state index contributed by atoms with van der Waals surface area (Å²) >= 11 is 6.02. The highest BCUT2D eigenvalue weighted by atomic mass is 35.5. The quantitative estimate of drug-likeness (QED) is 0.540. The minimum absolute atomic E-state index is 0.0349. The zero-order chi connectivity index (χ0) is 20.4. The van der Waals surface area contributed by atoms with Crippen molar-refractivity contribution < 1.29 is 22.7 Å². The predicted octanol–water partition coefficient (Wildman–Crippen LogP) is 3.33. The Morgan fingerprint density at radius 3 is 2.22 bits per heavy atom. The lowest BCUT2D eigenvalue weighted by atomic mass is 10.1. The number of esters is 1. The molecule has 0 saturated carbocycles. The van der Waals surface area contributed by atoms with Gasteiger partial charge in [-0.3, -0.25) is 4.79 Å². The van der Waals surface area contributed by atoms with E-state index in [0.717, 1.165) is 15.9 Å². The van der Waals surface area contributed by atoms with Crippen molar-refractivity contribution in [2.24, 2.45) is 0 Å². The number of ketones is 1. The van der Waals surface area contributed by atoms with E-state index in [-0.39, 0.29) is 21.3 Å². The minimum Gasteiger partial charge on any atom is -0.451 e.